The molecule has 1 aromatic heterocycles. The van der Waals surface area contributed by atoms with Crippen LogP contribution in [0.25, 0.3) is 0 Å². The number of nitrogens with one attached hydrogen (secondary N) is 1. The van der Waals surface area contributed by atoms with Gasteiger partial charge < -0.3 is 5.32 Å². The Morgan fingerprint density at radius 1 is 1.38 bits per heavy atom. The van der Waals surface area contributed by atoms with Crippen LogP contribution in [0, 0.1) is 0 Å². The van der Waals surface area contributed by atoms with Gasteiger partial charge in [-0.3, -0.25) is 4.99 Å². The van der Waals surface area contributed by atoms with Crippen molar-refractivity contribution in [2.45, 2.75) is 20.0 Å². The SMILES string of the molecule is C=Nc1cc(C(F)(F)F)ncc1NC.CC. The monoisotopic (exact) mass is 233 g/mol. The molecule has 1 N–H and O–H groups in total. The standard InChI is InChI=1S/C8H8F3N3.C2H6/c1-12-5-3-7(8(9,10)11)14-4-6(5)13-2;1-2/h3-4,13H,1H2,2H3;1-2H3. The van der Waals surface area contributed by atoms with Crippen LogP contribution in [-0.4, -0.2) is 18.7 Å². The van der Waals surface area contributed by atoms with Gasteiger partial charge >= 0.3 is 6.18 Å². The molecule has 0 radical (unpaired) electrons. The third kappa shape index (κ3) is 3.52. The van der Waals surface area contributed by atoms with E-state index in [1.807, 2.05) is 13.8 Å². The normalized spacial score (nSPS) is 10.1. The third-order valence-corrected chi connectivity index (χ3v) is 1.61. The molecule has 1 aromatic rings. The Morgan fingerprint density at radius 3 is 2.31 bits per heavy atom. The highest BCUT2D eigenvalue weighted by molar-refractivity contribution is 5.66. The van der Waals surface area contributed by atoms with Gasteiger partial charge in [0, 0.05) is 7.05 Å². The molecule has 0 bridgehead atoms. The van der Waals surface area contributed by atoms with Gasteiger partial charge in [-0.15, -0.1) is 0 Å². The summed E-state index contributed by atoms with van der Waals surface area (Å²) < 4.78 is 36.6. The van der Waals surface area contributed by atoms with Crippen LogP contribution in [0.2, 0.25) is 0 Å². The number of aromatic nitrogens is 1. The molecule has 0 aliphatic heterocycles. The Balaban J connectivity index is 0.00000106. The largest absolute Gasteiger partial charge is 0.433 e. The second kappa shape index (κ2) is 6.09. The Morgan fingerprint density at radius 2 is 1.94 bits per heavy atom. The Labute approximate surface area is 92.4 Å². The minimum absolute atomic E-state index is 0.134. The second-order valence-corrected chi connectivity index (χ2v) is 2.49. The molecule has 0 amide bonds. The average molecular weight is 233 g/mol. The van der Waals surface area contributed by atoms with Crippen LogP contribution in [0.1, 0.15) is 19.5 Å². The van der Waals surface area contributed by atoms with Gasteiger partial charge in [0.1, 0.15) is 5.69 Å². The molecule has 90 valence electrons. The van der Waals surface area contributed by atoms with Crippen LogP contribution in [0.3, 0.4) is 0 Å². The van der Waals surface area contributed by atoms with Crippen molar-refractivity contribution in [3.63, 3.8) is 0 Å². The van der Waals surface area contributed by atoms with Crippen molar-refractivity contribution in [3.05, 3.63) is 18.0 Å². The molecule has 0 saturated heterocycles. The lowest BCUT2D eigenvalue weighted by molar-refractivity contribution is -0.141. The topological polar surface area (TPSA) is 37.3 Å². The summed E-state index contributed by atoms with van der Waals surface area (Å²) in [6.07, 6.45) is -3.38. The van der Waals surface area contributed by atoms with Crippen molar-refractivity contribution >= 4 is 18.1 Å². The quantitative estimate of drug-likeness (QED) is 0.794. The van der Waals surface area contributed by atoms with Gasteiger partial charge in [0.05, 0.1) is 17.6 Å². The predicted molar refractivity (Wildman–Crippen MR) is 59.3 cm³/mol. The lowest BCUT2D eigenvalue weighted by Gasteiger charge is -2.08. The van der Waals surface area contributed by atoms with E-state index in [-0.39, 0.29) is 5.69 Å². The maximum Gasteiger partial charge on any atom is 0.433 e. The van der Waals surface area contributed by atoms with Gasteiger partial charge in [0.15, 0.2) is 0 Å². The maximum atomic E-state index is 12.2. The smallest absolute Gasteiger partial charge is 0.385 e. The van der Waals surface area contributed by atoms with E-state index in [0.717, 1.165) is 12.3 Å². The molecule has 0 atom stereocenters. The van der Waals surface area contributed by atoms with E-state index in [0.29, 0.717) is 5.69 Å². The third-order valence-electron chi connectivity index (χ3n) is 1.61. The van der Waals surface area contributed by atoms with Gasteiger partial charge in [-0.05, 0) is 12.8 Å². The molecule has 0 aromatic carbocycles. The van der Waals surface area contributed by atoms with Crippen LogP contribution >= 0.6 is 0 Å². The molecular weight excluding hydrogens is 219 g/mol. The number of nitrogens with zero attached hydrogens (tertiary/aromatic N) is 2. The highest BCUT2D eigenvalue weighted by atomic mass is 19.4. The van der Waals surface area contributed by atoms with Crippen LogP contribution in [0.4, 0.5) is 24.5 Å². The molecule has 6 heteroatoms. The molecule has 1 heterocycles. The molecule has 0 unspecified atom stereocenters. The number of hydrogen-bond acceptors (Lipinski definition) is 3. The average Bonchev–Trinajstić information content (AvgIpc) is 2.29. The zero-order valence-corrected chi connectivity index (χ0v) is 9.39. The molecular formula is C10H14F3N3. The Bertz CT molecular complexity index is 348. The van der Waals surface area contributed by atoms with Crippen LogP contribution < -0.4 is 5.32 Å². The minimum Gasteiger partial charge on any atom is -0.385 e. The van der Waals surface area contributed by atoms with Crippen LogP contribution in [-0.2, 0) is 6.18 Å². The van der Waals surface area contributed by atoms with Crippen LogP contribution in [0.5, 0.6) is 0 Å². The van der Waals surface area contributed by atoms with Gasteiger partial charge in [-0.1, -0.05) is 13.8 Å². The molecule has 16 heavy (non-hydrogen) atoms. The predicted octanol–water partition coefficient (Wildman–Crippen LogP) is 3.50. The summed E-state index contributed by atoms with van der Waals surface area (Å²) in [5, 5.41) is 2.66. The fraction of sp³-hybridized carbons (Fsp3) is 0.400. The van der Waals surface area contributed by atoms with E-state index in [9.17, 15) is 13.2 Å². The zero-order valence-electron chi connectivity index (χ0n) is 9.39. The highest BCUT2D eigenvalue weighted by Crippen LogP contribution is 2.32. The van der Waals surface area contributed by atoms with Crippen molar-refractivity contribution in [1.82, 2.24) is 4.98 Å². The number of pyridine rings is 1. The molecule has 0 spiro atoms. The van der Waals surface area contributed by atoms with E-state index < -0.39 is 11.9 Å². The first-order valence-corrected chi connectivity index (χ1v) is 4.70. The van der Waals surface area contributed by atoms with E-state index in [1.54, 1.807) is 7.05 Å². The summed E-state index contributed by atoms with van der Waals surface area (Å²) in [6, 6.07) is 0.846. The highest BCUT2D eigenvalue weighted by Gasteiger charge is 2.32. The lowest BCUT2D eigenvalue weighted by atomic mass is 10.3. The van der Waals surface area contributed by atoms with Gasteiger partial charge in [-0.2, -0.15) is 13.2 Å². The number of aliphatic imine (C=N–C) groups is 1. The summed E-state index contributed by atoms with van der Waals surface area (Å²) in [7, 11) is 1.57. The first-order valence-electron chi connectivity index (χ1n) is 4.70. The molecule has 0 saturated carbocycles. The lowest BCUT2D eigenvalue weighted by Crippen LogP contribution is -2.07. The number of hydrogen-bond donors (Lipinski definition) is 1. The fourth-order valence-corrected chi connectivity index (χ4v) is 0.923. The minimum atomic E-state index is -4.45. The van der Waals surface area contributed by atoms with E-state index in [1.165, 1.54) is 0 Å². The number of rotatable bonds is 2. The van der Waals surface area contributed by atoms with Gasteiger partial charge in [-0.25, -0.2) is 4.98 Å². The summed E-state index contributed by atoms with van der Waals surface area (Å²) in [5.74, 6) is 0. The fourth-order valence-electron chi connectivity index (χ4n) is 0.923. The number of anilines is 1. The Kier molecular flexibility index (Phi) is 5.49. The molecule has 0 fully saturated rings. The van der Waals surface area contributed by atoms with E-state index in [4.69, 9.17) is 0 Å². The van der Waals surface area contributed by atoms with Crippen molar-refractivity contribution in [1.29, 1.82) is 0 Å². The summed E-state index contributed by atoms with van der Waals surface area (Å²) in [4.78, 5) is 6.72. The van der Waals surface area contributed by atoms with E-state index in [2.05, 4.69) is 22.0 Å². The first-order chi connectivity index (χ1) is 7.49. The number of alkyl halides is 3. The van der Waals surface area contributed by atoms with Crippen LogP contribution in [0.15, 0.2) is 17.3 Å². The van der Waals surface area contributed by atoms with Crippen molar-refractivity contribution in [3.8, 4) is 0 Å². The van der Waals surface area contributed by atoms with Gasteiger partial charge in [0.2, 0.25) is 0 Å². The zero-order chi connectivity index (χ0) is 12.8. The number of halogens is 3. The summed E-state index contributed by atoms with van der Waals surface area (Å²) >= 11 is 0. The Hall–Kier alpha value is -1.59. The van der Waals surface area contributed by atoms with Crippen molar-refractivity contribution in [2.75, 3.05) is 12.4 Å². The van der Waals surface area contributed by atoms with Crippen molar-refractivity contribution < 1.29 is 13.2 Å². The maximum absolute atomic E-state index is 12.2. The summed E-state index contributed by atoms with van der Waals surface area (Å²) in [5.41, 5.74) is -0.429. The first kappa shape index (κ1) is 14.4. The molecule has 1 rings (SSSR count). The van der Waals surface area contributed by atoms with Crippen molar-refractivity contribution in [2.24, 2.45) is 4.99 Å². The second-order valence-electron chi connectivity index (χ2n) is 2.49. The molecule has 0 aliphatic rings. The molecule has 0 aliphatic carbocycles. The van der Waals surface area contributed by atoms with Gasteiger partial charge in [0.25, 0.3) is 0 Å². The van der Waals surface area contributed by atoms with E-state index >= 15 is 0 Å². The molecule has 3 nitrogen and oxygen atoms in total. The summed E-state index contributed by atoms with van der Waals surface area (Å²) in [6.45, 7) is 7.18.